The van der Waals surface area contributed by atoms with Gasteiger partial charge in [0.25, 0.3) is 0 Å². The fourth-order valence-electron chi connectivity index (χ4n) is 3.26. The van der Waals surface area contributed by atoms with Crippen LogP contribution < -0.4 is 0 Å². The van der Waals surface area contributed by atoms with Gasteiger partial charge in [-0.2, -0.15) is 0 Å². The van der Waals surface area contributed by atoms with Gasteiger partial charge >= 0.3 is 6.09 Å². The van der Waals surface area contributed by atoms with E-state index in [1.807, 2.05) is 0 Å². The normalized spacial score (nSPS) is 44.8. The molecule has 3 rings (SSSR count). The molecule has 0 aromatic rings. The number of aliphatic hydroxyl groups is 1. The number of aliphatic hydroxyl groups excluding tert-OH is 1. The van der Waals surface area contributed by atoms with E-state index in [2.05, 4.69) is 4.99 Å². The first-order valence-corrected chi connectivity index (χ1v) is 9.01. The van der Waals surface area contributed by atoms with Gasteiger partial charge in [0, 0.05) is 21.3 Å². The van der Waals surface area contributed by atoms with Crippen molar-refractivity contribution in [2.24, 2.45) is 4.99 Å². The van der Waals surface area contributed by atoms with Crippen molar-refractivity contribution in [3.05, 3.63) is 0 Å². The Kier molecular flexibility index (Phi) is 5.25. The fourth-order valence-corrected chi connectivity index (χ4v) is 4.44. The molecule has 0 aromatic carbocycles. The van der Waals surface area contributed by atoms with Crippen LogP contribution in [0, 0.1) is 0 Å². The zero-order valence-electron chi connectivity index (χ0n) is 15.2. The van der Waals surface area contributed by atoms with Gasteiger partial charge in [-0.15, -0.1) is 0 Å². The molecule has 10 nitrogen and oxygen atoms in total. The van der Waals surface area contributed by atoms with Gasteiger partial charge in [-0.25, -0.2) is 4.79 Å². The molecule has 11 heteroatoms. The second-order valence-electron chi connectivity index (χ2n) is 6.55. The summed E-state index contributed by atoms with van der Waals surface area (Å²) in [6, 6.07) is -0.513. The van der Waals surface area contributed by atoms with Crippen molar-refractivity contribution in [2.45, 2.75) is 55.2 Å². The Balaban J connectivity index is 1.94. The Morgan fingerprint density at radius 2 is 1.85 bits per heavy atom. The maximum atomic E-state index is 11.2. The third kappa shape index (κ3) is 2.91. The van der Waals surface area contributed by atoms with Crippen LogP contribution in [-0.2, 0) is 23.7 Å². The number of ether oxygens (including phenoxy) is 5. The number of rotatable bonds is 3. The fraction of sp³-hybridized carbons (Fsp3) is 0.867. The number of carbonyl (C=O) groups is 1. The van der Waals surface area contributed by atoms with E-state index in [0.717, 1.165) is 4.90 Å². The standard InChI is InChI=1S/C15H24N2O8S/c1-14(21-4)15(2,22-5)25-10-8-11(23-7(6-18)9(10)24-14)26-12(16-8)17(3)13(19)20/h7-11,18H,6H2,1-5H3,(H,19,20)/t7-,8-,9-,10-,11-,14+,15+/m1/s1. The second kappa shape index (κ2) is 6.89. The molecule has 2 N–H and O–H groups in total. The Bertz CT molecular complexity index is 606. The summed E-state index contributed by atoms with van der Waals surface area (Å²) in [4.78, 5) is 16.7. The summed E-state index contributed by atoms with van der Waals surface area (Å²) >= 11 is 1.17. The molecule has 0 radical (unpaired) electrons. The number of nitrogens with zero attached hydrogens (tertiary/aromatic N) is 2. The first-order chi connectivity index (χ1) is 12.2. The lowest BCUT2D eigenvalue weighted by Gasteiger charge is -2.56. The molecule has 2 fully saturated rings. The van der Waals surface area contributed by atoms with Crippen molar-refractivity contribution in [3.8, 4) is 0 Å². The van der Waals surface area contributed by atoms with Crippen molar-refractivity contribution >= 4 is 23.0 Å². The van der Waals surface area contributed by atoms with Gasteiger partial charge in [0.05, 0.1) is 6.61 Å². The van der Waals surface area contributed by atoms with E-state index in [9.17, 15) is 15.0 Å². The minimum absolute atomic E-state index is 0.290. The Morgan fingerprint density at radius 3 is 2.35 bits per heavy atom. The lowest BCUT2D eigenvalue weighted by molar-refractivity contribution is -0.463. The van der Waals surface area contributed by atoms with E-state index < -0.39 is 47.5 Å². The quantitative estimate of drug-likeness (QED) is 0.698. The third-order valence-electron chi connectivity index (χ3n) is 5.18. The summed E-state index contributed by atoms with van der Waals surface area (Å²) in [5.74, 6) is -2.46. The first kappa shape index (κ1) is 19.8. The largest absolute Gasteiger partial charge is 0.465 e. The van der Waals surface area contributed by atoms with Gasteiger partial charge in [0.1, 0.15) is 29.8 Å². The van der Waals surface area contributed by atoms with Crippen LogP contribution in [0.1, 0.15) is 13.8 Å². The summed E-state index contributed by atoms with van der Waals surface area (Å²) in [6.07, 6.45) is -3.06. The maximum absolute atomic E-state index is 11.2. The summed E-state index contributed by atoms with van der Waals surface area (Å²) in [6.45, 7) is 3.09. The number of methoxy groups -OCH3 is 2. The van der Waals surface area contributed by atoms with Gasteiger partial charge in [0.2, 0.25) is 11.6 Å². The number of hydrogen-bond donors (Lipinski definition) is 2. The number of amides is 1. The van der Waals surface area contributed by atoms with Gasteiger partial charge in [-0.05, 0) is 13.8 Å². The Morgan fingerprint density at radius 1 is 1.27 bits per heavy atom. The molecule has 0 aliphatic carbocycles. The maximum Gasteiger partial charge on any atom is 0.413 e. The summed E-state index contributed by atoms with van der Waals surface area (Å²) in [5, 5.41) is 19.2. The zero-order valence-corrected chi connectivity index (χ0v) is 16.1. The molecule has 0 saturated carbocycles. The molecule has 3 heterocycles. The average molecular weight is 392 g/mol. The van der Waals surface area contributed by atoms with E-state index >= 15 is 0 Å². The number of fused-ring (bicyclic) bond motifs is 3. The molecular formula is C15H24N2O8S. The van der Waals surface area contributed by atoms with Gasteiger partial charge in [-0.3, -0.25) is 9.89 Å². The Labute approximate surface area is 155 Å². The van der Waals surface area contributed by atoms with E-state index in [1.54, 1.807) is 13.8 Å². The highest BCUT2D eigenvalue weighted by Gasteiger charge is 2.63. The predicted molar refractivity (Wildman–Crippen MR) is 90.9 cm³/mol. The van der Waals surface area contributed by atoms with Crippen LogP contribution in [0.2, 0.25) is 0 Å². The minimum atomic E-state index is -1.23. The molecule has 2 saturated heterocycles. The van der Waals surface area contributed by atoms with E-state index in [-0.39, 0.29) is 6.61 Å². The molecule has 148 valence electrons. The van der Waals surface area contributed by atoms with Crippen molar-refractivity contribution < 1.29 is 38.7 Å². The van der Waals surface area contributed by atoms with Crippen LogP contribution in [0.25, 0.3) is 0 Å². The van der Waals surface area contributed by atoms with Crippen LogP contribution in [0.3, 0.4) is 0 Å². The molecule has 1 amide bonds. The number of aliphatic imine (C=N–C) groups is 1. The predicted octanol–water partition coefficient (Wildman–Crippen LogP) is 0.294. The monoisotopic (exact) mass is 392 g/mol. The van der Waals surface area contributed by atoms with E-state index in [4.69, 9.17) is 23.7 Å². The molecule has 3 aliphatic rings. The van der Waals surface area contributed by atoms with Gasteiger partial charge < -0.3 is 33.9 Å². The molecule has 3 aliphatic heterocycles. The summed E-state index contributed by atoms with van der Waals surface area (Å²) in [5.41, 5.74) is -0.498. The minimum Gasteiger partial charge on any atom is -0.465 e. The highest BCUT2D eigenvalue weighted by molar-refractivity contribution is 8.14. The average Bonchev–Trinajstić information content (AvgIpc) is 3.05. The molecule has 0 bridgehead atoms. The van der Waals surface area contributed by atoms with Crippen molar-refractivity contribution in [2.75, 3.05) is 27.9 Å². The van der Waals surface area contributed by atoms with Crippen LogP contribution in [0.5, 0.6) is 0 Å². The molecule has 0 aromatic heterocycles. The molecule has 0 spiro atoms. The zero-order chi connectivity index (χ0) is 19.3. The van der Waals surface area contributed by atoms with Crippen LogP contribution in [-0.4, -0.2) is 95.6 Å². The van der Waals surface area contributed by atoms with Crippen LogP contribution in [0.15, 0.2) is 4.99 Å². The molecular weight excluding hydrogens is 368 g/mol. The summed E-state index contributed by atoms with van der Waals surface area (Å²) in [7, 11) is 4.37. The summed E-state index contributed by atoms with van der Waals surface area (Å²) < 4.78 is 29.3. The molecule has 7 atom stereocenters. The SMILES string of the molecule is CO[C@@]1(C)O[C@@H]2[C@H]3N=C(N(C)C(=O)O)S[C@H]3O[C@H](CO)[C@H]2O[C@]1(C)OC. The van der Waals surface area contributed by atoms with E-state index in [1.165, 1.54) is 33.0 Å². The number of carboxylic acid groups (broad SMARTS) is 1. The van der Waals surface area contributed by atoms with Crippen molar-refractivity contribution in [1.29, 1.82) is 0 Å². The van der Waals surface area contributed by atoms with E-state index in [0.29, 0.717) is 5.17 Å². The Hall–Kier alpha value is -0.950. The smallest absolute Gasteiger partial charge is 0.413 e. The highest BCUT2D eigenvalue weighted by atomic mass is 32.2. The van der Waals surface area contributed by atoms with Crippen LogP contribution in [0.4, 0.5) is 4.79 Å². The van der Waals surface area contributed by atoms with Gasteiger partial charge in [0.15, 0.2) is 5.17 Å². The van der Waals surface area contributed by atoms with Crippen molar-refractivity contribution in [1.82, 2.24) is 4.90 Å². The lowest BCUT2D eigenvalue weighted by atomic mass is 9.93. The molecule has 0 unspecified atom stereocenters. The number of hydrogen-bond acceptors (Lipinski definition) is 9. The topological polar surface area (TPSA) is 119 Å². The number of amidine groups is 1. The van der Waals surface area contributed by atoms with Crippen LogP contribution >= 0.6 is 11.8 Å². The highest BCUT2D eigenvalue weighted by Crippen LogP contribution is 2.47. The number of thioether (sulfide) groups is 1. The second-order valence-corrected chi connectivity index (χ2v) is 7.62. The van der Waals surface area contributed by atoms with Crippen molar-refractivity contribution in [3.63, 3.8) is 0 Å². The lowest BCUT2D eigenvalue weighted by Crippen LogP contribution is -2.72. The first-order valence-electron chi connectivity index (χ1n) is 8.13. The molecule has 26 heavy (non-hydrogen) atoms. The third-order valence-corrected chi connectivity index (χ3v) is 6.39. The van der Waals surface area contributed by atoms with Gasteiger partial charge in [-0.1, -0.05) is 11.8 Å².